The number of hydrogen-bond donors (Lipinski definition) is 1. The number of thiazole rings is 1. The number of anilines is 1. The van der Waals surface area contributed by atoms with Crippen LogP contribution >= 0.6 is 11.3 Å². The number of alkyl halides is 3. The maximum atomic E-state index is 12.8. The molecule has 4 aromatic rings. The number of carbonyl (C=O) groups is 1. The molecule has 0 spiro atoms. The molecular formula is C20H15F3N4OS. The summed E-state index contributed by atoms with van der Waals surface area (Å²) in [5.74, 6) is 0.0162. The van der Waals surface area contributed by atoms with E-state index in [1.807, 2.05) is 31.2 Å². The first-order valence-electron chi connectivity index (χ1n) is 8.66. The Kier molecular flexibility index (Phi) is 4.83. The molecule has 2 aromatic carbocycles. The number of halogens is 3. The molecule has 0 aliphatic rings. The molecule has 0 radical (unpaired) electrons. The lowest BCUT2D eigenvalue weighted by Crippen LogP contribution is -2.13. The number of amides is 1. The molecular weight excluding hydrogens is 401 g/mol. The number of fused-ring (bicyclic) bond motifs is 1. The summed E-state index contributed by atoms with van der Waals surface area (Å²) in [5.41, 5.74) is 1.04. The molecule has 29 heavy (non-hydrogen) atoms. The van der Waals surface area contributed by atoms with Crippen LogP contribution in [-0.2, 0) is 12.7 Å². The molecule has 148 valence electrons. The lowest BCUT2D eigenvalue weighted by atomic mass is 10.1. The lowest BCUT2D eigenvalue weighted by Gasteiger charge is -2.08. The Hall–Kier alpha value is -3.20. The minimum Gasteiger partial charge on any atom is -0.303 e. The van der Waals surface area contributed by atoms with Gasteiger partial charge in [-0.05, 0) is 36.8 Å². The monoisotopic (exact) mass is 416 g/mol. The van der Waals surface area contributed by atoms with Crippen molar-refractivity contribution >= 4 is 34.0 Å². The highest BCUT2D eigenvalue weighted by atomic mass is 32.1. The average Bonchev–Trinajstić information content (AvgIpc) is 3.26. The van der Waals surface area contributed by atoms with Crippen molar-refractivity contribution in [3.8, 4) is 0 Å². The van der Waals surface area contributed by atoms with Crippen LogP contribution in [0.25, 0.3) is 10.9 Å². The zero-order valence-corrected chi connectivity index (χ0v) is 16.0. The quantitative estimate of drug-likeness (QED) is 0.502. The van der Waals surface area contributed by atoms with Crippen LogP contribution in [-0.4, -0.2) is 20.7 Å². The lowest BCUT2D eigenvalue weighted by molar-refractivity contribution is -0.137. The summed E-state index contributed by atoms with van der Waals surface area (Å²) in [4.78, 5) is 16.6. The highest BCUT2D eigenvalue weighted by Gasteiger charge is 2.30. The summed E-state index contributed by atoms with van der Waals surface area (Å²) in [6.07, 6.45) is -4.37. The van der Waals surface area contributed by atoms with Crippen LogP contribution < -0.4 is 5.32 Å². The fraction of sp³-hybridized carbons (Fsp3) is 0.150. The van der Waals surface area contributed by atoms with Crippen molar-refractivity contribution in [3.63, 3.8) is 0 Å². The highest BCUT2D eigenvalue weighted by Crippen LogP contribution is 2.29. The van der Waals surface area contributed by atoms with Crippen LogP contribution in [0.3, 0.4) is 0 Å². The van der Waals surface area contributed by atoms with Gasteiger partial charge in [-0.1, -0.05) is 24.3 Å². The van der Waals surface area contributed by atoms with Crippen LogP contribution in [0, 0.1) is 6.92 Å². The van der Waals surface area contributed by atoms with Crippen LogP contribution in [0.5, 0.6) is 0 Å². The van der Waals surface area contributed by atoms with Gasteiger partial charge in [-0.3, -0.25) is 9.48 Å². The molecule has 0 fully saturated rings. The van der Waals surface area contributed by atoms with Gasteiger partial charge < -0.3 is 5.32 Å². The molecule has 9 heteroatoms. The average molecular weight is 416 g/mol. The predicted molar refractivity (Wildman–Crippen MR) is 105 cm³/mol. The Morgan fingerprint density at radius 1 is 1.14 bits per heavy atom. The molecule has 4 rings (SSSR count). The van der Waals surface area contributed by atoms with E-state index in [4.69, 9.17) is 0 Å². The molecule has 0 saturated carbocycles. The summed E-state index contributed by atoms with van der Waals surface area (Å²) < 4.78 is 39.9. The van der Waals surface area contributed by atoms with E-state index in [1.165, 1.54) is 23.5 Å². The molecule has 0 bridgehead atoms. The standard InChI is InChI=1S/C20H15F3N4OS/c1-12-24-16(11-29-12)19(28)25-18-15-4-2-3-5-17(15)27(26-18)10-13-6-8-14(9-7-13)20(21,22)23/h2-9,11H,10H2,1H3,(H,25,26,28). The van der Waals surface area contributed by atoms with Gasteiger partial charge >= 0.3 is 6.18 Å². The van der Waals surface area contributed by atoms with Gasteiger partial charge in [0.25, 0.3) is 5.91 Å². The number of hydrogen-bond acceptors (Lipinski definition) is 4. The summed E-state index contributed by atoms with van der Waals surface area (Å²) in [6, 6.07) is 12.3. The molecule has 1 N–H and O–H groups in total. The first-order valence-corrected chi connectivity index (χ1v) is 9.54. The Labute approximate surface area is 167 Å². The number of benzene rings is 2. The van der Waals surface area contributed by atoms with Crippen molar-refractivity contribution in [1.82, 2.24) is 14.8 Å². The smallest absolute Gasteiger partial charge is 0.303 e. The van der Waals surface area contributed by atoms with Crippen LogP contribution in [0.2, 0.25) is 0 Å². The third-order valence-electron chi connectivity index (χ3n) is 4.36. The second-order valence-corrected chi connectivity index (χ2v) is 7.49. The second-order valence-electron chi connectivity index (χ2n) is 6.42. The largest absolute Gasteiger partial charge is 0.416 e. The van der Waals surface area contributed by atoms with E-state index in [0.29, 0.717) is 17.1 Å². The minimum atomic E-state index is -4.37. The van der Waals surface area contributed by atoms with E-state index in [2.05, 4.69) is 15.4 Å². The van der Waals surface area contributed by atoms with Gasteiger partial charge in [0.05, 0.1) is 22.6 Å². The van der Waals surface area contributed by atoms with Gasteiger partial charge in [0, 0.05) is 10.8 Å². The molecule has 2 heterocycles. The minimum absolute atomic E-state index is 0.268. The number of para-hydroxylation sites is 1. The number of aromatic nitrogens is 3. The first kappa shape index (κ1) is 19.1. The van der Waals surface area contributed by atoms with Gasteiger partial charge in [0.2, 0.25) is 0 Å². The number of carbonyl (C=O) groups excluding carboxylic acids is 1. The second kappa shape index (κ2) is 7.32. The maximum Gasteiger partial charge on any atom is 0.416 e. The molecule has 0 aliphatic carbocycles. The topological polar surface area (TPSA) is 59.8 Å². The van der Waals surface area contributed by atoms with Crippen LogP contribution in [0.4, 0.5) is 19.0 Å². The van der Waals surface area contributed by atoms with Crippen molar-refractivity contribution in [2.45, 2.75) is 19.6 Å². The molecule has 5 nitrogen and oxygen atoms in total. The number of aryl methyl sites for hydroxylation is 1. The van der Waals surface area contributed by atoms with Crippen molar-refractivity contribution in [2.75, 3.05) is 5.32 Å². The SMILES string of the molecule is Cc1nc(C(=O)Nc2nn(Cc3ccc(C(F)(F)F)cc3)c3ccccc23)cs1. The van der Waals surface area contributed by atoms with Crippen molar-refractivity contribution < 1.29 is 18.0 Å². The van der Waals surface area contributed by atoms with E-state index >= 15 is 0 Å². The summed E-state index contributed by atoms with van der Waals surface area (Å²) in [7, 11) is 0. The van der Waals surface area contributed by atoms with Crippen molar-refractivity contribution in [1.29, 1.82) is 0 Å². The van der Waals surface area contributed by atoms with Gasteiger partial charge in [-0.2, -0.15) is 18.3 Å². The van der Waals surface area contributed by atoms with Crippen LogP contribution in [0.15, 0.2) is 53.9 Å². The van der Waals surface area contributed by atoms with Crippen molar-refractivity contribution in [3.05, 3.63) is 75.7 Å². The van der Waals surface area contributed by atoms with Gasteiger partial charge in [-0.25, -0.2) is 4.98 Å². The third-order valence-corrected chi connectivity index (χ3v) is 5.13. The normalized spacial score (nSPS) is 11.7. The zero-order chi connectivity index (χ0) is 20.6. The summed E-state index contributed by atoms with van der Waals surface area (Å²) in [5, 5.41) is 10.4. The predicted octanol–water partition coefficient (Wildman–Crippen LogP) is 5.12. The Bertz CT molecular complexity index is 1180. The van der Waals surface area contributed by atoms with Gasteiger partial charge in [-0.15, -0.1) is 11.3 Å². The van der Waals surface area contributed by atoms with E-state index in [0.717, 1.165) is 28.0 Å². The maximum absolute atomic E-state index is 12.8. The Morgan fingerprint density at radius 2 is 1.86 bits per heavy atom. The van der Waals surface area contributed by atoms with E-state index in [9.17, 15) is 18.0 Å². The zero-order valence-electron chi connectivity index (χ0n) is 15.2. The number of nitrogens with one attached hydrogen (secondary N) is 1. The first-order chi connectivity index (χ1) is 13.8. The van der Waals surface area contributed by atoms with Gasteiger partial charge in [0.1, 0.15) is 5.69 Å². The van der Waals surface area contributed by atoms with E-state index < -0.39 is 11.7 Å². The number of nitrogens with zero attached hydrogens (tertiary/aromatic N) is 3. The fourth-order valence-electron chi connectivity index (χ4n) is 2.95. The molecule has 2 aromatic heterocycles. The van der Waals surface area contributed by atoms with E-state index in [1.54, 1.807) is 10.1 Å². The van der Waals surface area contributed by atoms with Crippen molar-refractivity contribution in [2.24, 2.45) is 0 Å². The highest BCUT2D eigenvalue weighted by molar-refractivity contribution is 7.09. The third kappa shape index (κ3) is 4.00. The molecule has 0 aliphatic heterocycles. The molecule has 0 atom stereocenters. The van der Waals surface area contributed by atoms with E-state index in [-0.39, 0.29) is 12.5 Å². The molecule has 0 unspecified atom stereocenters. The Morgan fingerprint density at radius 3 is 2.52 bits per heavy atom. The molecule has 0 saturated heterocycles. The molecule has 1 amide bonds. The fourth-order valence-corrected chi connectivity index (χ4v) is 3.54. The summed E-state index contributed by atoms with van der Waals surface area (Å²) >= 11 is 1.38. The number of rotatable bonds is 4. The Balaban J connectivity index is 1.63. The van der Waals surface area contributed by atoms with Crippen LogP contribution in [0.1, 0.15) is 26.6 Å². The van der Waals surface area contributed by atoms with Gasteiger partial charge in [0.15, 0.2) is 5.82 Å². The summed E-state index contributed by atoms with van der Waals surface area (Å²) in [6.45, 7) is 2.08.